The number of rotatable bonds is 4. The monoisotopic (exact) mass is 293 g/mol. The molecule has 7 nitrogen and oxygen atoms in total. The van der Waals surface area contributed by atoms with Crippen molar-refractivity contribution in [3.8, 4) is 11.6 Å². The Balaban J connectivity index is 2.18. The van der Waals surface area contributed by atoms with Crippen molar-refractivity contribution in [1.29, 1.82) is 0 Å². The number of hydrogen-bond acceptors (Lipinski definition) is 6. The van der Waals surface area contributed by atoms with Crippen molar-refractivity contribution < 1.29 is 17.9 Å². The summed E-state index contributed by atoms with van der Waals surface area (Å²) in [5.41, 5.74) is 0.164. The molecule has 1 heterocycles. The minimum Gasteiger partial charge on any atom is -0.437 e. The second kappa shape index (κ2) is 5.66. The molecule has 0 fully saturated rings. The lowest BCUT2D eigenvalue weighted by Crippen LogP contribution is -2.29. The molecule has 104 valence electrons. The number of ether oxygens (including phenoxy) is 1. The third-order valence-electron chi connectivity index (χ3n) is 2.14. The van der Waals surface area contributed by atoms with Gasteiger partial charge in [-0.2, -0.15) is 0 Å². The molecule has 0 saturated carbocycles. The number of nitrogens with zero attached hydrogens (tertiary/aromatic N) is 2. The standard InChI is InChI=1S/C12H11N3O4S/c1-20(17,18)15-12(16)9-3-2-4-10(7-9)19-11-8-13-5-6-14-11/h2-8H,1H3,(H,15,16). The molecule has 2 rings (SSSR count). The van der Waals surface area contributed by atoms with E-state index in [2.05, 4.69) is 9.97 Å². The summed E-state index contributed by atoms with van der Waals surface area (Å²) in [6, 6.07) is 6.08. The van der Waals surface area contributed by atoms with E-state index >= 15 is 0 Å². The first kappa shape index (κ1) is 13.9. The topological polar surface area (TPSA) is 98.2 Å². The summed E-state index contributed by atoms with van der Waals surface area (Å²) < 4.78 is 29.3. The Labute approximate surface area is 115 Å². The molecule has 0 aliphatic rings. The number of benzene rings is 1. The smallest absolute Gasteiger partial charge is 0.264 e. The van der Waals surface area contributed by atoms with Crippen LogP contribution in [-0.2, 0) is 10.0 Å². The first-order chi connectivity index (χ1) is 9.44. The normalized spacial score (nSPS) is 10.8. The van der Waals surface area contributed by atoms with Crippen molar-refractivity contribution in [3.05, 3.63) is 48.4 Å². The van der Waals surface area contributed by atoms with Crippen LogP contribution in [-0.4, -0.2) is 30.5 Å². The third-order valence-corrected chi connectivity index (χ3v) is 2.69. The Bertz CT molecular complexity index is 716. The predicted molar refractivity (Wildman–Crippen MR) is 70.9 cm³/mol. The Morgan fingerprint density at radius 1 is 1.30 bits per heavy atom. The van der Waals surface area contributed by atoms with Crippen LogP contribution in [0.25, 0.3) is 0 Å². The molecule has 1 amide bonds. The minimum absolute atomic E-state index is 0.164. The van der Waals surface area contributed by atoms with Gasteiger partial charge in [-0.1, -0.05) is 6.07 Å². The maximum absolute atomic E-state index is 11.7. The summed E-state index contributed by atoms with van der Waals surface area (Å²) in [5, 5.41) is 0. The number of carbonyl (C=O) groups is 1. The average Bonchev–Trinajstić information content (AvgIpc) is 2.38. The molecule has 8 heteroatoms. The van der Waals surface area contributed by atoms with Crippen LogP contribution < -0.4 is 9.46 Å². The fraction of sp³-hybridized carbons (Fsp3) is 0.0833. The van der Waals surface area contributed by atoms with Gasteiger partial charge in [0.15, 0.2) is 0 Å². The maximum atomic E-state index is 11.7. The highest BCUT2D eigenvalue weighted by atomic mass is 32.2. The number of carbonyl (C=O) groups excluding carboxylic acids is 1. The van der Waals surface area contributed by atoms with E-state index in [1.165, 1.54) is 30.7 Å². The molecule has 20 heavy (non-hydrogen) atoms. The van der Waals surface area contributed by atoms with Gasteiger partial charge in [0.05, 0.1) is 12.5 Å². The van der Waals surface area contributed by atoms with E-state index in [0.717, 1.165) is 6.26 Å². The second-order valence-electron chi connectivity index (χ2n) is 3.88. The lowest BCUT2D eigenvalue weighted by Gasteiger charge is -2.06. The third kappa shape index (κ3) is 4.02. The summed E-state index contributed by atoms with van der Waals surface area (Å²) in [5.74, 6) is -0.100. The molecular formula is C12H11N3O4S. The van der Waals surface area contributed by atoms with Crippen LogP contribution in [0.2, 0.25) is 0 Å². The molecule has 0 spiro atoms. The number of aromatic nitrogens is 2. The van der Waals surface area contributed by atoms with E-state index in [0.29, 0.717) is 5.75 Å². The maximum Gasteiger partial charge on any atom is 0.264 e. The predicted octanol–water partition coefficient (Wildman–Crippen LogP) is 0.958. The lowest BCUT2D eigenvalue weighted by molar-refractivity contribution is 0.0981. The van der Waals surface area contributed by atoms with Crippen LogP contribution in [0.3, 0.4) is 0 Å². The second-order valence-corrected chi connectivity index (χ2v) is 5.63. The molecule has 0 unspecified atom stereocenters. The van der Waals surface area contributed by atoms with Crippen molar-refractivity contribution in [2.24, 2.45) is 0 Å². The molecular weight excluding hydrogens is 282 g/mol. The van der Waals surface area contributed by atoms with Crippen LogP contribution in [0.4, 0.5) is 0 Å². The van der Waals surface area contributed by atoms with Crippen LogP contribution in [0.15, 0.2) is 42.9 Å². The van der Waals surface area contributed by atoms with Gasteiger partial charge in [0.25, 0.3) is 5.91 Å². The first-order valence-electron chi connectivity index (χ1n) is 5.50. The Morgan fingerprint density at radius 2 is 2.10 bits per heavy atom. The molecule has 0 atom stereocenters. The van der Waals surface area contributed by atoms with E-state index in [4.69, 9.17) is 4.74 Å². The van der Waals surface area contributed by atoms with Gasteiger partial charge in [-0.25, -0.2) is 18.1 Å². The average molecular weight is 293 g/mol. The molecule has 1 aromatic carbocycles. The zero-order valence-corrected chi connectivity index (χ0v) is 11.3. The van der Waals surface area contributed by atoms with Gasteiger partial charge in [-0.05, 0) is 18.2 Å². The summed E-state index contributed by atoms with van der Waals surface area (Å²) in [6.07, 6.45) is 5.30. The Morgan fingerprint density at radius 3 is 2.75 bits per heavy atom. The SMILES string of the molecule is CS(=O)(=O)NC(=O)c1cccc(Oc2cnccn2)c1. The van der Waals surface area contributed by atoms with Gasteiger partial charge < -0.3 is 4.74 Å². The minimum atomic E-state index is -3.61. The van der Waals surface area contributed by atoms with Gasteiger partial charge in [-0.3, -0.25) is 9.78 Å². The molecule has 0 bridgehead atoms. The highest BCUT2D eigenvalue weighted by Gasteiger charge is 2.12. The van der Waals surface area contributed by atoms with E-state index in [1.54, 1.807) is 12.1 Å². The van der Waals surface area contributed by atoms with Gasteiger partial charge in [-0.15, -0.1) is 0 Å². The highest BCUT2D eigenvalue weighted by molar-refractivity contribution is 7.89. The molecule has 0 aliphatic carbocycles. The summed E-state index contributed by atoms with van der Waals surface area (Å²) in [7, 11) is -3.61. The van der Waals surface area contributed by atoms with Crippen molar-refractivity contribution in [2.45, 2.75) is 0 Å². The van der Waals surface area contributed by atoms with Crippen LogP contribution in [0, 0.1) is 0 Å². The molecule has 0 radical (unpaired) electrons. The fourth-order valence-electron chi connectivity index (χ4n) is 1.39. The quantitative estimate of drug-likeness (QED) is 0.901. The zero-order valence-electron chi connectivity index (χ0n) is 10.5. The van der Waals surface area contributed by atoms with Crippen LogP contribution in [0.5, 0.6) is 11.6 Å². The molecule has 1 N–H and O–H groups in total. The van der Waals surface area contributed by atoms with Crippen molar-refractivity contribution in [3.63, 3.8) is 0 Å². The molecule has 0 saturated heterocycles. The Kier molecular flexibility index (Phi) is 3.94. The van der Waals surface area contributed by atoms with Gasteiger partial charge in [0.1, 0.15) is 5.75 Å². The number of hydrogen-bond donors (Lipinski definition) is 1. The molecule has 2 aromatic rings. The van der Waals surface area contributed by atoms with Crippen molar-refractivity contribution in [2.75, 3.05) is 6.26 Å². The zero-order chi connectivity index (χ0) is 14.6. The summed E-state index contributed by atoms with van der Waals surface area (Å²) in [6.45, 7) is 0. The van der Waals surface area contributed by atoms with Crippen molar-refractivity contribution >= 4 is 15.9 Å². The van der Waals surface area contributed by atoms with Gasteiger partial charge in [0.2, 0.25) is 15.9 Å². The van der Waals surface area contributed by atoms with Crippen LogP contribution >= 0.6 is 0 Å². The van der Waals surface area contributed by atoms with Crippen molar-refractivity contribution in [1.82, 2.24) is 14.7 Å². The van der Waals surface area contributed by atoms with E-state index in [-0.39, 0.29) is 11.4 Å². The number of amides is 1. The van der Waals surface area contributed by atoms with Gasteiger partial charge in [0, 0.05) is 18.0 Å². The highest BCUT2D eigenvalue weighted by Crippen LogP contribution is 2.19. The number of sulfonamides is 1. The summed E-state index contributed by atoms with van der Waals surface area (Å²) >= 11 is 0. The molecule has 1 aromatic heterocycles. The van der Waals surface area contributed by atoms with E-state index in [9.17, 15) is 13.2 Å². The lowest BCUT2D eigenvalue weighted by atomic mass is 10.2. The van der Waals surface area contributed by atoms with E-state index in [1.807, 2.05) is 4.72 Å². The first-order valence-corrected chi connectivity index (χ1v) is 7.39. The van der Waals surface area contributed by atoms with Gasteiger partial charge >= 0.3 is 0 Å². The number of nitrogens with one attached hydrogen (secondary N) is 1. The Hall–Kier alpha value is -2.48. The van der Waals surface area contributed by atoms with E-state index < -0.39 is 15.9 Å². The molecule has 0 aliphatic heterocycles. The fourth-order valence-corrected chi connectivity index (χ4v) is 1.84. The largest absolute Gasteiger partial charge is 0.437 e. The summed E-state index contributed by atoms with van der Waals surface area (Å²) in [4.78, 5) is 19.5. The van der Waals surface area contributed by atoms with Crippen LogP contribution in [0.1, 0.15) is 10.4 Å².